The van der Waals surface area contributed by atoms with Gasteiger partial charge >= 0.3 is 7.05 Å². The van der Waals surface area contributed by atoms with Crippen LogP contribution in [0.25, 0.3) is 0 Å². The number of nitrogen functional groups attached to an aromatic ring is 1. The van der Waals surface area contributed by atoms with Crippen molar-refractivity contribution in [3.8, 4) is 5.88 Å². The first-order chi connectivity index (χ1) is 8.15. The standard InChI is InChI=1S/C11H18BN3O2/c1-12(16)15-6-4-10(5-7-15)17-11-3-2-9(13)8-14-11/h2-3,8,10,16H,4-7,13H2,1H3. The molecule has 1 aromatic rings. The summed E-state index contributed by atoms with van der Waals surface area (Å²) in [7, 11) is -0.370. The van der Waals surface area contributed by atoms with E-state index in [0.29, 0.717) is 11.6 Å². The van der Waals surface area contributed by atoms with Gasteiger partial charge in [-0.05, 0) is 38.8 Å². The Hall–Kier alpha value is -1.27. The Morgan fingerprint density at radius 2 is 2.18 bits per heavy atom. The third kappa shape index (κ3) is 3.34. The molecular weight excluding hydrogens is 217 g/mol. The largest absolute Gasteiger partial charge is 0.474 e. The van der Waals surface area contributed by atoms with Crippen molar-refractivity contribution < 1.29 is 9.76 Å². The summed E-state index contributed by atoms with van der Waals surface area (Å²) in [5.74, 6) is 0.620. The van der Waals surface area contributed by atoms with E-state index in [-0.39, 0.29) is 13.2 Å². The summed E-state index contributed by atoms with van der Waals surface area (Å²) in [6.07, 6.45) is 3.61. The molecule has 0 amide bonds. The van der Waals surface area contributed by atoms with Gasteiger partial charge in [0.25, 0.3) is 0 Å². The number of nitrogens with two attached hydrogens (primary N) is 1. The molecule has 1 fully saturated rings. The van der Waals surface area contributed by atoms with Crippen LogP contribution in [-0.4, -0.2) is 41.1 Å². The highest BCUT2D eigenvalue weighted by atomic mass is 16.5. The minimum atomic E-state index is -0.370. The Labute approximate surface area is 102 Å². The number of aromatic nitrogens is 1. The first-order valence-corrected chi connectivity index (χ1v) is 5.95. The van der Waals surface area contributed by atoms with Crippen molar-refractivity contribution in [3.05, 3.63) is 18.3 Å². The maximum absolute atomic E-state index is 9.44. The highest BCUT2D eigenvalue weighted by Gasteiger charge is 2.24. The number of nitrogens with zero attached hydrogens (tertiary/aromatic N) is 2. The van der Waals surface area contributed by atoms with Gasteiger partial charge in [0.1, 0.15) is 6.10 Å². The molecule has 92 valence electrons. The van der Waals surface area contributed by atoms with Crippen molar-refractivity contribution in [2.24, 2.45) is 0 Å². The molecular formula is C11H18BN3O2. The van der Waals surface area contributed by atoms with Crippen LogP contribution in [0.4, 0.5) is 5.69 Å². The van der Waals surface area contributed by atoms with Gasteiger partial charge < -0.3 is 20.3 Å². The molecule has 3 N–H and O–H groups in total. The van der Waals surface area contributed by atoms with Crippen LogP contribution in [0.15, 0.2) is 18.3 Å². The van der Waals surface area contributed by atoms with Gasteiger partial charge in [0.15, 0.2) is 0 Å². The van der Waals surface area contributed by atoms with Crippen molar-refractivity contribution in [2.75, 3.05) is 18.8 Å². The Morgan fingerprint density at radius 3 is 2.71 bits per heavy atom. The normalized spacial score (nSPS) is 18.0. The van der Waals surface area contributed by atoms with Crippen molar-refractivity contribution in [3.63, 3.8) is 0 Å². The van der Waals surface area contributed by atoms with Gasteiger partial charge in [-0.1, -0.05) is 0 Å². The fourth-order valence-corrected chi connectivity index (χ4v) is 2.00. The van der Waals surface area contributed by atoms with E-state index in [2.05, 4.69) is 4.98 Å². The third-order valence-electron chi connectivity index (χ3n) is 3.05. The molecule has 1 aliphatic rings. The van der Waals surface area contributed by atoms with Crippen LogP contribution in [0.3, 0.4) is 0 Å². The van der Waals surface area contributed by atoms with Crippen LogP contribution < -0.4 is 10.5 Å². The van der Waals surface area contributed by atoms with Crippen LogP contribution in [0.1, 0.15) is 12.8 Å². The van der Waals surface area contributed by atoms with E-state index in [1.54, 1.807) is 25.2 Å². The summed E-state index contributed by atoms with van der Waals surface area (Å²) in [6, 6.07) is 3.57. The lowest BCUT2D eigenvalue weighted by Crippen LogP contribution is -2.45. The van der Waals surface area contributed by atoms with Crippen LogP contribution in [-0.2, 0) is 0 Å². The molecule has 0 aliphatic carbocycles. The summed E-state index contributed by atoms with van der Waals surface area (Å²) in [5.41, 5.74) is 6.20. The predicted octanol–water partition coefficient (Wildman–Crippen LogP) is 0.617. The second kappa shape index (κ2) is 5.38. The van der Waals surface area contributed by atoms with Crippen LogP contribution in [0.2, 0.25) is 6.82 Å². The predicted molar refractivity (Wildman–Crippen MR) is 67.7 cm³/mol. The molecule has 17 heavy (non-hydrogen) atoms. The Kier molecular flexibility index (Phi) is 3.86. The zero-order chi connectivity index (χ0) is 12.3. The fraction of sp³-hybridized carbons (Fsp3) is 0.545. The van der Waals surface area contributed by atoms with E-state index in [0.717, 1.165) is 25.9 Å². The highest BCUT2D eigenvalue weighted by Crippen LogP contribution is 2.18. The summed E-state index contributed by atoms with van der Waals surface area (Å²) in [4.78, 5) is 6.15. The van der Waals surface area contributed by atoms with Crippen LogP contribution >= 0.6 is 0 Å². The lowest BCUT2D eigenvalue weighted by atomic mass is 9.82. The smallest absolute Gasteiger partial charge is 0.376 e. The molecule has 2 heterocycles. The van der Waals surface area contributed by atoms with Crippen molar-refractivity contribution in [2.45, 2.75) is 25.8 Å². The third-order valence-corrected chi connectivity index (χ3v) is 3.05. The average molecular weight is 235 g/mol. The zero-order valence-electron chi connectivity index (χ0n) is 10.0. The monoisotopic (exact) mass is 235 g/mol. The first kappa shape index (κ1) is 12.2. The van der Waals surface area contributed by atoms with Crippen LogP contribution in [0.5, 0.6) is 5.88 Å². The van der Waals surface area contributed by atoms with Crippen molar-refractivity contribution in [1.82, 2.24) is 9.79 Å². The second-order valence-corrected chi connectivity index (χ2v) is 4.41. The van der Waals surface area contributed by atoms with Crippen molar-refractivity contribution >= 4 is 12.7 Å². The summed E-state index contributed by atoms with van der Waals surface area (Å²) in [6.45, 7) is 3.51. The van der Waals surface area contributed by atoms with E-state index >= 15 is 0 Å². The number of pyridine rings is 1. The molecule has 5 nitrogen and oxygen atoms in total. The fourth-order valence-electron chi connectivity index (χ4n) is 2.00. The molecule has 0 bridgehead atoms. The molecule has 1 aromatic heterocycles. The van der Waals surface area contributed by atoms with E-state index in [1.165, 1.54) is 0 Å². The summed E-state index contributed by atoms with van der Waals surface area (Å²) >= 11 is 0. The Bertz CT molecular complexity index is 350. The highest BCUT2D eigenvalue weighted by molar-refractivity contribution is 6.45. The number of anilines is 1. The molecule has 1 aliphatic heterocycles. The maximum Gasteiger partial charge on any atom is 0.376 e. The number of ether oxygens (including phenoxy) is 1. The lowest BCUT2D eigenvalue weighted by Gasteiger charge is -2.32. The van der Waals surface area contributed by atoms with E-state index in [9.17, 15) is 5.02 Å². The van der Waals surface area contributed by atoms with Gasteiger partial charge in [0.05, 0.1) is 11.9 Å². The van der Waals surface area contributed by atoms with Gasteiger partial charge in [-0.2, -0.15) is 0 Å². The van der Waals surface area contributed by atoms with Gasteiger partial charge in [0, 0.05) is 6.07 Å². The second-order valence-electron chi connectivity index (χ2n) is 4.41. The molecule has 2 rings (SSSR count). The van der Waals surface area contributed by atoms with E-state index in [4.69, 9.17) is 10.5 Å². The van der Waals surface area contributed by atoms with Crippen LogP contribution in [0, 0.1) is 0 Å². The molecule has 0 aromatic carbocycles. The molecule has 0 spiro atoms. The molecule has 0 saturated carbocycles. The van der Waals surface area contributed by atoms with Gasteiger partial charge in [-0.3, -0.25) is 0 Å². The Balaban J connectivity index is 1.84. The van der Waals surface area contributed by atoms with Gasteiger partial charge in [-0.15, -0.1) is 0 Å². The molecule has 6 heteroatoms. The SMILES string of the molecule is CB(O)N1CCC(Oc2ccc(N)cn2)CC1. The number of rotatable bonds is 3. The van der Waals surface area contributed by atoms with Gasteiger partial charge in [-0.25, -0.2) is 4.98 Å². The molecule has 0 radical (unpaired) electrons. The molecule has 0 atom stereocenters. The van der Waals surface area contributed by atoms with Crippen molar-refractivity contribution in [1.29, 1.82) is 0 Å². The minimum Gasteiger partial charge on any atom is -0.474 e. The number of hydrogen-bond donors (Lipinski definition) is 2. The van der Waals surface area contributed by atoms with E-state index in [1.807, 2.05) is 4.81 Å². The maximum atomic E-state index is 9.44. The lowest BCUT2D eigenvalue weighted by molar-refractivity contribution is 0.123. The number of hydrogen-bond acceptors (Lipinski definition) is 5. The topological polar surface area (TPSA) is 71.6 Å². The first-order valence-electron chi connectivity index (χ1n) is 5.95. The van der Waals surface area contributed by atoms with E-state index < -0.39 is 0 Å². The minimum absolute atomic E-state index is 0.182. The zero-order valence-corrected chi connectivity index (χ0v) is 10.0. The van der Waals surface area contributed by atoms with Gasteiger partial charge in [0.2, 0.25) is 5.88 Å². The summed E-state index contributed by atoms with van der Waals surface area (Å²) < 4.78 is 5.76. The number of piperidine rings is 1. The summed E-state index contributed by atoms with van der Waals surface area (Å²) in [5, 5.41) is 9.44. The molecule has 0 unspecified atom stereocenters. The average Bonchev–Trinajstić information content (AvgIpc) is 2.33. The molecule has 1 saturated heterocycles. The Morgan fingerprint density at radius 1 is 1.47 bits per heavy atom. The quantitative estimate of drug-likeness (QED) is 0.751.